The van der Waals surface area contributed by atoms with Crippen molar-refractivity contribution < 1.29 is 9.53 Å². The van der Waals surface area contributed by atoms with E-state index in [1.54, 1.807) is 4.68 Å². The van der Waals surface area contributed by atoms with Crippen LogP contribution in [0.1, 0.15) is 10.4 Å². The van der Waals surface area contributed by atoms with Gasteiger partial charge in [0.1, 0.15) is 6.61 Å². The maximum Gasteiger partial charge on any atom is 0.222 e. The van der Waals surface area contributed by atoms with Gasteiger partial charge in [-0.15, -0.1) is 0 Å². The van der Waals surface area contributed by atoms with E-state index in [9.17, 15) is 4.79 Å². The van der Waals surface area contributed by atoms with Crippen molar-refractivity contribution >= 4 is 6.29 Å². The maximum atomic E-state index is 10.3. The lowest BCUT2D eigenvalue weighted by Crippen LogP contribution is -1.93. The first-order valence-corrected chi connectivity index (χ1v) is 3.05. The largest absolute Gasteiger partial charge is 0.475 e. The Morgan fingerprint density at radius 3 is 3.50 bits per heavy atom. The highest BCUT2D eigenvalue weighted by atomic mass is 16.5. The van der Waals surface area contributed by atoms with Crippen LogP contribution in [0.2, 0.25) is 0 Å². The molecule has 1 aromatic rings. The Morgan fingerprint density at radius 1 is 1.80 bits per heavy atom. The summed E-state index contributed by atoms with van der Waals surface area (Å²) in [6.07, 6.45) is 2.27. The van der Waals surface area contributed by atoms with Gasteiger partial charge < -0.3 is 4.74 Å². The first-order chi connectivity index (χ1) is 4.92. The summed E-state index contributed by atoms with van der Waals surface area (Å²) >= 11 is 0. The quantitative estimate of drug-likeness (QED) is 0.516. The third-order valence-corrected chi connectivity index (χ3v) is 1.49. The minimum Gasteiger partial charge on any atom is -0.475 e. The molecule has 0 amide bonds. The molecule has 0 fully saturated rings. The predicted octanol–water partition coefficient (Wildman–Crippen LogP) is 0.0880. The second-order valence-electron chi connectivity index (χ2n) is 2.09. The number of carbonyl (C=O) groups excluding carboxylic acids is 1. The Kier molecular flexibility index (Phi) is 1.00. The van der Waals surface area contributed by atoms with Gasteiger partial charge in [-0.3, -0.25) is 4.79 Å². The summed E-state index contributed by atoms with van der Waals surface area (Å²) < 4.78 is 6.81. The summed E-state index contributed by atoms with van der Waals surface area (Å²) in [5, 5.41) is 3.93. The van der Waals surface area contributed by atoms with E-state index in [1.807, 2.05) is 0 Å². The lowest BCUT2D eigenvalue weighted by atomic mass is 10.4. The molecule has 1 aromatic heterocycles. The number of rotatable bonds is 1. The van der Waals surface area contributed by atoms with Crippen molar-refractivity contribution in [3.8, 4) is 5.88 Å². The fraction of sp³-hybridized carbons (Fsp3) is 0.333. The zero-order valence-electron chi connectivity index (χ0n) is 5.28. The highest BCUT2D eigenvalue weighted by Gasteiger charge is 2.16. The van der Waals surface area contributed by atoms with Crippen LogP contribution < -0.4 is 4.74 Å². The Morgan fingerprint density at radius 2 is 2.70 bits per heavy atom. The molecule has 0 bridgehead atoms. The number of aromatic nitrogens is 2. The molecule has 0 unspecified atom stereocenters. The Labute approximate surface area is 57.4 Å². The van der Waals surface area contributed by atoms with E-state index < -0.39 is 0 Å². The van der Waals surface area contributed by atoms with E-state index in [0.29, 0.717) is 18.1 Å². The summed E-state index contributed by atoms with van der Waals surface area (Å²) in [4.78, 5) is 10.3. The molecule has 4 heteroatoms. The highest BCUT2D eigenvalue weighted by molar-refractivity contribution is 5.77. The molecule has 0 atom stereocenters. The molecule has 1 aliphatic rings. The van der Waals surface area contributed by atoms with Crippen molar-refractivity contribution in [2.24, 2.45) is 0 Å². The third kappa shape index (κ3) is 0.556. The summed E-state index contributed by atoms with van der Waals surface area (Å²) in [6.45, 7) is 1.38. The van der Waals surface area contributed by atoms with Gasteiger partial charge in [-0.1, -0.05) is 0 Å². The third-order valence-electron chi connectivity index (χ3n) is 1.49. The van der Waals surface area contributed by atoms with Crippen molar-refractivity contribution in [2.75, 3.05) is 6.61 Å². The van der Waals surface area contributed by atoms with E-state index in [2.05, 4.69) is 5.10 Å². The first-order valence-electron chi connectivity index (χ1n) is 3.05. The van der Waals surface area contributed by atoms with Crippen LogP contribution >= 0.6 is 0 Å². The summed E-state index contributed by atoms with van der Waals surface area (Å²) in [6, 6.07) is 0. The van der Waals surface area contributed by atoms with E-state index in [4.69, 9.17) is 4.74 Å². The normalized spacial score (nSPS) is 14.4. The van der Waals surface area contributed by atoms with Gasteiger partial charge in [0, 0.05) is 0 Å². The van der Waals surface area contributed by atoms with Crippen LogP contribution in [-0.4, -0.2) is 22.7 Å². The summed E-state index contributed by atoms with van der Waals surface area (Å²) in [5.74, 6) is 0.606. The average Bonchev–Trinajstić information content (AvgIpc) is 2.44. The highest BCUT2D eigenvalue weighted by Crippen LogP contribution is 2.19. The van der Waals surface area contributed by atoms with E-state index in [0.717, 1.165) is 12.8 Å². The minimum absolute atomic E-state index is 0.539. The Bertz CT molecular complexity index is 267. The van der Waals surface area contributed by atoms with Gasteiger partial charge in [-0.05, 0) is 0 Å². The van der Waals surface area contributed by atoms with Gasteiger partial charge in [-0.25, -0.2) is 4.68 Å². The number of carbonyl (C=O) groups is 1. The van der Waals surface area contributed by atoms with Gasteiger partial charge in [-0.2, -0.15) is 5.10 Å². The van der Waals surface area contributed by atoms with Crippen molar-refractivity contribution in [3.05, 3.63) is 11.8 Å². The lowest BCUT2D eigenvalue weighted by molar-refractivity contribution is 0.112. The molecule has 52 valence electrons. The van der Waals surface area contributed by atoms with Gasteiger partial charge in [0.15, 0.2) is 6.29 Å². The van der Waals surface area contributed by atoms with Gasteiger partial charge >= 0.3 is 0 Å². The Balaban J connectivity index is 2.53. The Hall–Kier alpha value is -1.32. The predicted molar refractivity (Wildman–Crippen MR) is 33.1 cm³/mol. The van der Waals surface area contributed by atoms with Crippen LogP contribution in [-0.2, 0) is 6.54 Å². The lowest BCUT2D eigenvalue weighted by Gasteiger charge is -1.90. The SMILES string of the molecule is O=Cc1cnn2c1OCC2. The minimum atomic E-state index is 0.539. The van der Waals surface area contributed by atoms with Crippen LogP contribution in [0.15, 0.2) is 6.20 Å². The number of aldehydes is 1. The standard InChI is InChI=1S/C6H6N2O2/c9-4-5-3-7-8-1-2-10-6(5)8/h3-4H,1-2H2. The van der Waals surface area contributed by atoms with Crippen LogP contribution in [0.25, 0.3) is 0 Å². The fourth-order valence-electron chi connectivity index (χ4n) is 1.02. The molecule has 2 rings (SSSR count). The number of hydrogen-bond donors (Lipinski definition) is 0. The molecule has 4 nitrogen and oxygen atoms in total. The monoisotopic (exact) mass is 138 g/mol. The molecular formula is C6H6N2O2. The number of hydrogen-bond acceptors (Lipinski definition) is 3. The van der Waals surface area contributed by atoms with Gasteiger partial charge in [0.2, 0.25) is 5.88 Å². The van der Waals surface area contributed by atoms with Crippen LogP contribution in [0.4, 0.5) is 0 Å². The second-order valence-corrected chi connectivity index (χ2v) is 2.09. The zero-order valence-corrected chi connectivity index (χ0v) is 5.28. The van der Waals surface area contributed by atoms with Crippen molar-refractivity contribution in [3.63, 3.8) is 0 Å². The molecule has 0 saturated carbocycles. The molecule has 0 radical (unpaired) electrons. The molecule has 0 spiro atoms. The van der Waals surface area contributed by atoms with Crippen molar-refractivity contribution in [2.45, 2.75) is 6.54 Å². The van der Waals surface area contributed by atoms with Crippen LogP contribution in [0.5, 0.6) is 5.88 Å². The van der Waals surface area contributed by atoms with Crippen LogP contribution in [0.3, 0.4) is 0 Å². The van der Waals surface area contributed by atoms with Crippen LogP contribution in [0, 0.1) is 0 Å². The van der Waals surface area contributed by atoms with Gasteiger partial charge in [0.25, 0.3) is 0 Å². The van der Waals surface area contributed by atoms with Crippen molar-refractivity contribution in [1.82, 2.24) is 9.78 Å². The molecule has 0 N–H and O–H groups in total. The smallest absolute Gasteiger partial charge is 0.222 e. The molecule has 1 aliphatic heterocycles. The molecule has 0 aliphatic carbocycles. The molecule has 10 heavy (non-hydrogen) atoms. The van der Waals surface area contributed by atoms with E-state index in [1.165, 1.54) is 6.20 Å². The van der Waals surface area contributed by atoms with E-state index in [-0.39, 0.29) is 0 Å². The molecule has 2 heterocycles. The van der Waals surface area contributed by atoms with E-state index >= 15 is 0 Å². The molecule has 0 saturated heterocycles. The maximum absolute atomic E-state index is 10.3. The average molecular weight is 138 g/mol. The first kappa shape index (κ1) is 5.46. The fourth-order valence-corrected chi connectivity index (χ4v) is 1.02. The zero-order chi connectivity index (χ0) is 6.97. The second kappa shape index (κ2) is 1.83. The summed E-state index contributed by atoms with van der Waals surface area (Å²) in [5.41, 5.74) is 0.539. The number of fused-ring (bicyclic) bond motifs is 1. The van der Waals surface area contributed by atoms with Gasteiger partial charge in [0.05, 0.1) is 18.3 Å². The molecule has 0 aromatic carbocycles. The summed E-state index contributed by atoms with van der Waals surface area (Å²) in [7, 11) is 0. The number of nitrogens with zero attached hydrogens (tertiary/aromatic N) is 2. The molecular weight excluding hydrogens is 132 g/mol. The van der Waals surface area contributed by atoms with Crippen molar-refractivity contribution in [1.29, 1.82) is 0 Å². The number of ether oxygens (including phenoxy) is 1. The topological polar surface area (TPSA) is 44.1 Å².